The van der Waals surface area contributed by atoms with Crippen molar-refractivity contribution in [1.82, 2.24) is 10.2 Å². The maximum atomic E-state index is 11.8. The third-order valence-electron chi connectivity index (χ3n) is 3.61. The molecule has 0 bridgehead atoms. The van der Waals surface area contributed by atoms with Gasteiger partial charge in [0, 0.05) is 31.3 Å². The Hall–Kier alpha value is -1.85. The molecule has 1 N–H and O–H groups in total. The fourth-order valence-corrected chi connectivity index (χ4v) is 2.37. The Kier molecular flexibility index (Phi) is 6.93. The molecule has 1 amide bonds. The van der Waals surface area contributed by atoms with Gasteiger partial charge in [-0.15, -0.1) is 0 Å². The lowest BCUT2D eigenvalue weighted by atomic mass is 10.2. The first-order valence-corrected chi connectivity index (χ1v) is 7.68. The summed E-state index contributed by atoms with van der Waals surface area (Å²) in [7, 11) is 1.62. The average molecular weight is 304 g/mol. The summed E-state index contributed by atoms with van der Waals surface area (Å²) < 4.78 is 10.6. The number of carbonyl (C=O) groups is 1. The number of carbonyl (C=O) groups excluding carboxylic acids is 1. The Morgan fingerprint density at radius 3 is 2.91 bits per heavy atom. The summed E-state index contributed by atoms with van der Waals surface area (Å²) in [5.41, 5.74) is 0.897. The molecule has 1 aromatic rings. The molecule has 1 aliphatic rings. The van der Waals surface area contributed by atoms with Crippen LogP contribution in [0.5, 0.6) is 5.75 Å². The van der Waals surface area contributed by atoms with E-state index in [-0.39, 0.29) is 5.91 Å². The van der Waals surface area contributed by atoms with Gasteiger partial charge in [0.1, 0.15) is 5.75 Å². The van der Waals surface area contributed by atoms with Crippen molar-refractivity contribution >= 4 is 12.0 Å². The number of amides is 1. The Morgan fingerprint density at radius 1 is 1.36 bits per heavy atom. The summed E-state index contributed by atoms with van der Waals surface area (Å²) >= 11 is 0. The number of nitrogens with zero attached hydrogens (tertiary/aromatic N) is 1. The van der Waals surface area contributed by atoms with Gasteiger partial charge in [0.05, 0.1) is 20.3 Å². The Labute approximate surface area is 131 Å². The third-order valence-corrected chi connectivity index (χ3v) is 3.61. The second-order valence-electron chi connectivity index (χ2n) is 5.17. The van der Waals surface area contributed by atoms with Crippen LogP contribution in [0.25, 0.3) is 6.08 Å². The highest BCUT2D eigenvalue weighted by Crippen LogP contribution is 2.18. The maximum Gasteiger partial charge on any atom is 0.244 e. The minimum absolute atomic E-state index is 0.0760. The molecule has 1 heterocycles. The molecule has 1 aliphatic heterocycles. The lowest BCUT2D eigenvalue weighted by Gasteiger charge is -2.26. The molecule has 2 rings (SSSR count). The van der Waals surface area contributed by atoms with E-state index < -0.39 is 0 Å². The summed E-state index contributed by atoms with van der Waals surface area (Å²) in [6.45, 7) is 5.29. The summed E-state index contributed by atoms with van der Waals surface area (Å²) in [6, 6.07) is 7.62. The van der Waals surface area contributed by atoms with Gasteiger partial charge in [-0.1, -0.05) is 18.2 Å². The number of methoxy groups -OCH3 is 1. The van der Waals surface area contributed by atoms with E-state index in [4.69, 9.17) is 9.47 Å². The smallest absolute Gasteiger partial charge is 0.244 e. The van der Waals surface area contributed by atoms with E-state index in [0.29, 0.717) is 6.54 Å². The van der Waals surface area contributed by atoms with E-state index in [9.17, 15) is 4.79 Å². The number of hydrogen-bond donors (Lipinski definition) is 1. The van der Waals surface area contributed by atoms with Crippen molar-refractivity contribution in [3.8, 4) is 5.75 Å². The van der Waals surface area contributed by atoms with Gasteiger partial charge in [-0.05, 0) is 25.1 Å². The van der Waals surface area contributed by atoms with Crippen molar-refractivity contribution in [1.29, 1.82) is 0 Å². The molecule has 0 saturated carbocycles. The minimum atomic E-state index is -0.0760. The predicted octanol–water partition coefficient (Wildman–Crippen LogP) is 1.55. The molecule has 120 valence electrons. The second kappa shape index (κ2) is 9.23. The quantitative estimate of drug-likeness (QED) is 0.613. The van der Waals surface area contributed by atoms with Crippen LogP contribution in [0.15, 0.2) is 30.3 Å². The molecule has 0 radical (unpaired) electrons. The van der Waals surface area contributed by atoms with Gasteiger partial charge < -0.3 is 14.8 Å². The van der Waals surface area contributed by atoms with Gasteiger partial charge in [-0.25, -0.2) is 0 Å². The molecular weight excluding hydrogens is 280 g/mol. The van der Waals surface area contributed by atoms with Crippen molar-refractivity contribution in [3.05, 3.63) is 35.9 Å². The summed E-state index contributed by atoms with van der Waals surface area (Å²) in [4.78, 5) is 14.2. The second-order valence-corrected chi connectivity index (χ2v) is 5.17. The van der Waals surface area contributed by atoms with Crippen LogP contribution in [0.1, 0.15) is 12.0 Å². The van der Waals surface area contributed by atoms with Crippen molar-refractivity contribution in [2.75, 3.05) is 46.5 Å². The predicted molar refractivity (Wildman–Crippen MR) is 86.9 cm³/mol. The Balaban J connectivity index is 1.67. The average Bonchev–Trinajstić information content (AvgIpc) is 2.58. The first-order valence-electron chi connectivity index (χ1n) is 7.68. The number of hydrogen-bond acceptors (Lipinski definition) is 4. The van der Waals surface area contributed by atoms with Gasteiger partial charge >= 0.3 is 0 Å². The van der Waals surface area contributed by atoms with Crippen molar-refractivity contribution in [2.24, 2.45) is 0 Å². The van der Waals surface area contributed by atoms with Gasteiger partial charge in [-0.3, -0.25) is 9.69 Å². The highest BCUT2D eigenvalue weighted by Gasteiger charge is 2.09. The van der Waals surface area contributed by atoms with Crippen LogP contribution < -0.4 is 10.1 Å². The maximum absolute atomic E-state index is 11.8. The van der Waals surface area contributed by atoms with Crippen molar-refractivity contribution in [2.45, 2.75) is 6.42 Å². The SMILES string of the molecule is COc1ccccc1C=CC(=O)NCCCN1CCOCC1. The molecule has 0 aromatic heterocycles. The molecular formula is C17H24N2O3. The number of morpholine rings is 1. The standard InChI is InChI=1S/C17H24N2O3/c1-21-16-6-3-2-5-15(16)7-8-17(20)18-9-4-10-19-11-13-22-14-12-19/h2-3,5-8H,4,9-14H2,1H3,(H,18,20). The largest absolute Gasteiger partial charge is 0.496 e. The zero-order valence-electron chi connectivity index (χ0n) is 13.1. The normalized spacial score (nSPS) is 15.9. The number of para-hydroxylation sites is 1. The van der Waals surface area contributed by atoms with Crippen LogP contribution >= 0.6 is 0 Å². The van der Waals surface area contributed by atoms with Gasteiger partial charge in [0.2, 0.25) is 5.91 Å². The molecule has 1 fully saturated rings. The van der Waals surface area contributed by atoms with E-state index >= 15 is 0 Å². The van der Waals surface area contributed by atoms with E-state index in [1.54, 1.807) is 19.3 Å². The van der Waals surface area contributed by atoms with Crippen molar-refractivity contribution in [3.63, 3.8) is 0 Å². The fraction of sp³-hybridized carbons (Fsp3) is 0.471. The Bertz CT molecular complexity index is 496. The monoisotopic (exact) mass is 304 g/mol. The van der Waals surface area contributed by atoms with Crippen LogP contribution in [0.4, 0.5) is 0 Å². The lowest BCUT2D eigenvalue weighted by Crippen LogP contribution is -2.38. The number of benzene rings is 1. The van der Waals surface area contributed by atoms with E-state index in [1.165, 1.54) is 0 Å². The zero-order chi connectivity index (χ0) is 15.6. The molecule has 0 unspecified atom stereocenters. The summed E-state index contributed by atoms with van der Waals surface area (Å²) in [5, 5.41) is 2.91. The topological polar surface area (TPSA) is 50.8 Å². The molecule has 22 heavy (non-hydrogen) atoms. The van der Waals surface area contributed by atoms with E-state index in [2.05, 4.69) is 10.2 Å². The minimum Gasteiger partial charge on any atom is -0.496 e. The van der Waals surface area contributed by atoms with Crippen molar-refractivity contribution < 1.29 is 14.3 Å². The molecule has 5 nitrogen and oxygen atoms in total. The molecule has 5 heteroatoms. The first kappa shape index (κ1) is 16.5. The number of rotatable bonds is 7. The third kappa shape index (κ3) is 5.50. The molecule has 1 aromatic carbocycles. The Morgan fingerprint density at radius 2 is 2.14 bits per heavy atom. The van der Waals surface area contributed by atoms with Gasteiger partial charge in [0.15, 0.2) is 0 Å². The molecule has 0 aliphatic carbocycles. The first-order chi connectivity index (χ1) is 10.8. The van der Waals surface area contributed by atoms with Crippen LogP contribution in [0.3, 0.4) is 0 Å². The van der Waals surface area contributed by atoms with Crippen LogP contribution in [0, 0.1) is 0 Å². The zero-order valence-corrected chi connectivity index (χ0v) is 13.1. The summed E-state index contributed by atoms with van der Waals surface area (Å²) in [5.74, 6) is 0.687. The number of nitrogens with one attached hydrogen (secondary N) is 1. The molecule has 1 saturated heterocycles. The summed E-state index contributed by atoms with van der Waals surface area (Å²) in [6.07, 6.45) is 4.27. The van der Waals surface area contributed by atoms with Gasteiger partial charge in [-0.2, -0.15) is 0 Å². The molecule has 0 spiro atoms. The van der Waals surface area contributed by atoms with Crippen LogP contribution in [-0.2, 0) is 9.53 Å². The van der Waals surface area contributed by atoms with E-state index in [1.807, 2.05) is 24.3 Å². The van der Waals surface area contributed by atoms with Gasteiger partial charge in [0.25, 0.3) is 0 Å². The number of ether oxygens (including phenoxy) is 2. The highest BCUT2D eigenvalue weighted by atomic mass is 16.5. The van der Waals surface area contributed by atoms with Crippen LogP contribution in [-0.4, -0.2) is 57.3 Å². The highest BCUT2D eigenvalue weighted by molar-refractivity contribution is 5.92. The van der Waals surface area contributed by atoms with E-state index in [0.717, 1.165) is 50.6 Å². The fourth-order valence-electron chi connectivity index (χ4n) is 2.37. The lowest BCUT2D eigenvalue weighted by molar-refractivity contribution is -0.116. The molecule has 0 atom stereocenters. The van der Waals surface area contributed by atoms with Crippen LogP contribution in [0.2, 0.25) is 0 Å².